The summed E-state index contributed by atoms with van der Waals surface area (Å²) in [4.78, 5) is 0. The van der Waals surface area contributed by atoms with E-state index in [0.717, 1.165) is 26.7 Å². The Morgan fingerprint density at radius 3 is 2.69 bits per heavy atom. The van der Waals surface area contributed by atoms with Gasteiger partial charge in [0.05, 0.1) is 12.3 Å². The van der Waals surface area contributed by atoms with Crippen LogP contribution in [-0.4, -0.2) is 25.0 Å². The van der Waals surface area contributed by atoms with Crippen LogP contribution in [0.5, 0.6) is 0 Å². The van der Waals surface area contributed by atoms with Crippen molar-refractivity contribution in [1.82, 2.24) is 25.0 Å². The minimum atomic E-state index is 0.405. The van der Waals surface area contributed by atoms with Gasteiger partial charge in [-0.1, -0.05) is 11.8 Å². The molecule has 0 fully saturated rings. The molecule has 0 aliphatic heterocycles. The van der Waals surface area contributed by atoms with Gasteiger partial charge in [0.2, 0.25) is 0 Å². The minimum Gasteiger partial charge on any atom is -0.324 e. The van der Waals surface area contributed by atoms with Crippen LogP contribution in [0.4, 0.5) is 0 Å². The summed E-state index contributed by atoms with van der Waals surface area (Å²) in [6, 6.07) is 0. The Balaban J connectivity index is 2.02. The van der Waals surface area contributed by atoms with Crippen molar-refractivity contribution in [3.8, 4) is 0 Å². The molecule has 2 heterocycles. The van der Waals surface area contributed by atoms with Crippen LogP contribution in [-0.2, 0) is 19.3 Å². The van der Waals surface area contributed by atoms with E-state index in [9.17, 15) is 0 Å². The average Bonchev–Trinajstić information content (AvgIpc) is 2.83. The van der Waals surface area contributed by atoms with Gasteiger partial charge < -0.3 is 10.3 Å². The maximum absolute atomic E-state index is 5.52. The molecule has 2 rings (SSSR count). The molecule has 6 nitrogen and oxygen atoms in total. The molecule has 0 unspecified atom stereocenters. The second kappa shape index (κ2) is 4.89. The van der Waals surface area contributed by atoms with Crippen molar-refractivity contribution < 1.29 is 0 Å². The number of nitrogens with two attached hydrogens (primary N) is 1. The van der Waals surface area contributed by atoms with Crippen LogP contribution < -0.4 is 5.73 Å². The fraction of sp³-hybridized carbons (Fsp3) is 0.500. The molecule has 2 aromatic heterocycles. The number of rotatable bonds is 4. The Hall–Kier alpha value is -0.990. The molecule has 0 amide bonds. The summed E-state index contributed by atoms with van der Waals surface area (Å²) in [5.74, 6) is 1.55. The molecular weight excluding hydrogens is 244 g/mol. The first-order valence-corrected chi connectivity index (χ1v) is 6.51. The van der Waals surface area contributed by atoms with Gasteiger partial charge in [0.1, 0.15) is 15.8 Å². The second-order valence-corrected chi connectivity index (χ2v) is 5.37. The van der Waals surface area contributed by atoms with Crippen molar-refractivity contribution in [1.29, 1.82) is 0 Å². The van der Waals surface area contributed by atoms with Crippen molar-refractivity contribution in [2.75, 3.05) is 0 Å². The SMILES string of the molecule is Cc1nnc(CSc2nnc(CN)n2C)s1. The average molecular weight is 256 g/mol. The highest BCUT2D eigenvalue weighted by atomic mass is 32.2. The van der Waals surface area contributed by atoms with Crippen molar-refractivity contribution >= 4 is 23.1 Å². The lowest BCUT2D eigenvalue weighted by molar-refractivity contribution is 0.734. The topological polar surface area (TPSA) is 82.5 Å². The fourth-order valence-corrected chi connectivity index (χ4v) is 2.80. The van der Waals surface area contributed by atoms with Crippen molar-refractivity contribution in [3.63, 3.8) is 0 Å². The number of hydrogen-bond donors (Lipinski definition) is 1. The molecule has 0 atom stereocenters. The summed E-state index contributed by atoms with van der Waals surface area (Å²) in [7, 11) is 1.91. The summed E-state index contributed by atoms with van der Waals surface area (Å²) in [5.41, 5.74) is 5.52. The summed E-state index contributed by atoms with van der Waals surface area (Å²) < 4.78 is 1.90. The Morgan fingerprint density at radius 2 is 2.12 bits per heavy atom. The minimum absolute atomic E-state index is 0.405. The highest BCUT2D eigenvalue weighted by molar-refractivity contribution is 7.98. The van der Waals surface area contributed by atoms with Gasteiger partial charge in [-0.25, -0.2) is 0 Å². The first kappa shape index (κ1) is 11.5. The first-order valence-electron chi connectivity index (χ1n) is 4.71. The molecule has 0 radical (unpaired) electrons. The number of aryl methyl sites for hydroxylation is 1. The third-order valence-corrected chi connectivity index (χ3v) is 4.05. The van der Waals surface area contributed by atoms with Crippen LogP contribution in [0.1, 0.15) is 15.8 Å². The fourth-order valence-electron chi connectivity index (χ4n) is 1.17. The van der Waals surface area contributed by atoms with Crippen LogP contribution in [0.3, 0.4) is 0 Å². The molecule has 0 aliphatic carbocycles. The van der Waals surface area contributed by atoms with E-state index >= 15 is 0 Å². The van der Waals surface area contributed by atoms with Crippen LogP contribution in [0.25, 0.3) is 0 Å². The standard InChI is InChI=1S/C8H12N6S2/c1-5-10-12-7(16-5)4-15-8-13-11-6(3-9)14(8)2/h3-4,9H2,1-2H3. The predicted molar refractivity (Wildman–Crippen MR) is 63.1 cm³/mol. The molecule has 0 bridgehead atoms. The normalized spacial score (nSPS) is 10.9. The number of nitrogens with zero attached hydrogens (tertiary/aromatic N) is 5. The summed E-state index contributed by atoms with van der Waals surface area (Å²) in [6.45, 7) is 2.35. The smallest absolute Gasteiger partial charge is 0.191 e. The molecular formula is C8H12N6S2. The summed E-state index contributed by atoms with van der Waals surface area (Å²) in [6.07, 6.45) is 0. The molecule has 0 aliphatic rings. The number of hydrogen-bond acceptors (Lipinski definition) is 7. The van der Waals surface area contributed by atoms with Crippen LogP contribution in [0.15, 0.2) is 5.16 Å². The molecule has 8 heteroatoms. The van der Waals surface area contributed by atoms with E-state index < -0.39 is 0 Å². The van der Waals surface area contributed by atoms with Gasteiger partial charge in [-0.3, -0.25) is 0 Å². The van der Waals surface area contributed by atoms with Gasteiger partial charge in [-0.2, -0.15) is 0 Å². The third kappa shape index (κ3) is 2.39. The van der Waals surface area contributed by atoms with Gasteiger partial charge in [0.25, 0.3) is 0 Å². The van der Waals surface area contributed by atoms with E-state index in [0.29, 0.717) is 6.54 Å². The van der Waals surface area contributed by atoms with E-state index in [4.69, 9.17) is 5.73 Å². The Morgan fingerprint density at radius 1 is 1.31 bits per heavy atom. The van der Waals surface area contributed by atoms with Crippen LogP contribution >= 0.6 is 23.1 Å². The summed E-state index contributed by atoms with van der Waals surface area (Å²) in [5, 5.41) is 18.9. The Kier molecular flexibility index (Phi) is 3.52. The number of thioether (sulfide) groups is 1. The van der Waals surface area contributed by atoms with Crippen molar-refractivity contribution in [2.45, 2.75) is 24.4 Å². The molecule has 0 aromatic carbocycles. The predicted octanol–water partition coefficient (Wildman–Crippen LogP) is 0.726. The van der Waals surface area contributed by atoms with E-state index in [-0.39, 0.29) is 0 Å². The van der Waals surface area contributed by atoms with E-state index in [1.165, 1.54) is 0 Å². The molecule has 2 N–H and O–H groups in total. The zero-order valence-corrected chi connectivity index (χ0v) is 10.7. The molecule has 16 heavy (non-hydrogen) atoms. The quantitative estimate of drug-likeness (QED) is 0.812. The highest BCUT2D eigenvalue weighted by Gasteiger charge is 2.09. The maximum Gasteiger partial charge on any atom is 0.191 e. The van der Waals surface area contributed by atoms with Gasteiger partial charge in [-0.05, 0) is 6.92 Å². The maximum atomic E-state index is 5.52. The monoisotopic (exact) mass is 256 g/mol. The van der Waals surface area contributed by atoms with Crippen LogP contribution in [0.2, 0.25) is 0 Å². The van der Waals surface area contributed by atoms with E-state index in [1.54, 1.807) is 23.1 Å². The first-order chi connectivity index (χ1) is 7.70. The van der Waals surface area contributed by atoms with Gasteiger partial charge in [-0.15, -0.1) is 31.7 Å². The highest BCUT2D eigenvalue weighted by Crippen LogP contribution is 2.22. The van der Waals surface area contributed by atoms with Crippen molar-refractivity contribution in [2.24, 2.45) is 12.8 Å². The largest absolute Gasteiger partial charge is 0.324 e. The second-order valence-electron chi connectivity index (χ2n) is 3.17. The molecule has 2 aromatic rings. The number of aromatic nitrogens is 5. The van der Waals surface area contributed by atoms with Gasteiger partial charge >= 0.3 is 0 Å². The van der Waals surface area contributed by atoms with Crippen LogP contribution in [0, 0.1) is 6.92 Å². The van der Waals surface area contributed by atoms with E-state index in [1.807, 2.05) is 18.5 Å². The Labute approximate surface area is 101 Å². The van der Waals surface area contributed by atoms with Gasteiger partial charge in [0.15, 0.2) is 5.16 Å². The molecule has 0 saturated carbocycles. The summed E-state index contributed by atoms with van der Waals surface area (Å²) >= 11 is 3.19. The lowest BCUT2D eigenvalue weighted by atomic mass is 10.6. The third-order valence-electron chi connectivity index (χ3n) is 2.00. The lowest BCUT2D eigenvalue weighted by Gasteiger charge is -1.99. The van der Waals surface area contributed by atoms with Crippen molar-refractivity contribution in [3.05, 3.63) is 15.8 Å². The zero-order valence-electron chi connectivity index (χ0n) is 9.04. The zero-order chi connectivity index (χ0) is 11.5. The molecule has 0 saturated heterocycles. The van der Waals surface area contributed by atoms with E-state index in [2.05, 4.69) is 20.4 Å². The van der Waals surface area contributed by atoms with Gasteiger partial charge in [0, 0.05) is 7.05 Å². The Bertz CT molecular complexity index is 477. The lowest BCUT2D eigenvalue weighted by Crippen LogP contribution is -2.05. The molecule has 0 spiro atoms. The molecule has 86 valence electrons.